The van der Waals surface area contributed by atoms with Gasteiger partial charge < -0.3 is 18.9 Å². The average molecular weight is 1420 g/mol. The zero-order valence-corrected chi connectivity index (χ0v) is 61.9. The predicted octanol–water partition coefficient (Wildman–Crippen LogP) is 18.1. The van der Waals surface area contributed by atoms with E-state index in [-0.39, 0.29) is 6.71 Å². The first-order chi connectivity index (χ1) is 54.2. The van der Waals surface area contributed by atoms with Crippen LogP contribution < -0.4 is 67.7 Å². The summed E-state index contributed by atoms with van der Waals surface area (Å²) in [5.74, 6) is 0. The van der Waals surface area contributed by atoms with Gasteiger partial charge in [-0.3, -0.25) is 0 Å². The van der Waals surface area contributed by atoms with Gasteiger partial charge in [0.25, 0.3) is 6.71 Å². The maximum absolute atomic E-state index is 3.28. The highest BCUT2D eigenvalue weighted by atomic mass is 28.3. The summed E-state index contributed by atoms with van der Waals surface area (Å²) in [7, 11) is -6.56. The van der Waals surface area contributed by atoms with E-state index in [1.165, 1.54) is 113 Å². The smallest absolute Gasteiger partial charge is 0.252 e. The van der Waals surface area contributed by atoms with Gasteiger partial charge in [-0.25, -0.2) is 0 Å². The zero-order valence-electron chi connectivity index (χ0n) is 59.9. The largest absolute Gasteiger partial charge is 0.311 e. The molecule has 510 valence electrons. The van der Waals surface area contributed by atoms with Crippen LogP contribution in [0.1, 0.15) is 0 Å². The Morgan fingerprint density at radius 1 is 0.211 bits per heavy atom. The maximum atomic E-state index is 2.70. The number of hydrogen-bond acceptors (Lipinski definition) is 2. The fourth-order valence-corrected chi connectivity index (χ4v) is 28.9. The number of fused-ring (bicyclic) bond motifs is 10. The molecule has 2 aliphatic rings. The molecule has 0 N–H and O–H groups in total. The first-order valence-electron chi connectivity index (χ1n) is 37.9. The lowest BCUT2D eigenvalue weighted by Crippen LogP contribution is -2.75. The van der Waals surface area contributed by atoms with Crippen molar-refractivity contribution in [2.75, 3.05) is 9.80 Å². The Morgan fingerprint density at radius 3 is 0.853 bits per heavy atom. The third-order valence-corrected chi connectivity index (χ3v) is 33.0. The van der Waals surface area contributed by atoms with Crippen molar-refractivity contribution >= 4 is 158 Å². The predicted molar refractivity (Wildman–Crippen MR) is 467 cm³/mol. The van der Waals surface area contributed by atoms with Gasteiger partial charge in [-0.15, -0.1) is 0 Å². The molecule has 0 amide bonds. The topological polar surface area (TPSA) is 16.3 Å². The fraction of sp³-hybridized carbons (Fsp3) is 0. The van der Waals surface area contributed by atoms with Crippen LogP contribution >= 0.6 is 0 Å². The highest BCUT2D eigenvalue weighted by Crippen LogP contribution is 2.48. The zero-order chi connectivity index (χ0) is 72.0. The normalized spacial score (nSPS) is 12.5. The average Bonchev–Trinajstić information content (AvgIpc) is 1.03. The first kappa shape index (κ1) is 63.9. The molecule has 0 aliphatic carbocycles. The second kappa shape index (κ2) is 26.2. The minimum atomic E-state index is -3.28. The van der Waals surface area contributed by atoms with E-state index in [9.17, 15) is 0 Å². The summed E-state index contributed by atoms with van der Waals surface area (Å²) in [5, 5.41) is 15.3. The second-order valence-electron chi connectivity index (χ2n) is 28.9. The summed E-state index contributed by atoms with van der Waals surface area (Å²) in [6.45, 7) is -0.249. The number of aromatic nitrogens is 2. The van der Waals surface area contributed by atoms with Crippen LogP contribution in [0.5, 0.6) is 0 Å². The van der Waals surface area contributed by atoms with Gasteiger partial charge in [-0.1, -0.05) is 370 Å². The van der Waals surface area contributed by atoms with Crippen molar-refractivity contribution in [1.82, 2.24) is 9.13 Å². The fourth-order valence-electron chi connectivity index (χ4n) is 19.0. The summed E-state index contributed by atoms with van der Waals surface area (Å²) < 4.78 is 5.11. The third-order valence-electron chi connectivity index (χ3n) is 23.4. The van der Waals surface area contributed by atoms with Gasteiger partial charge in [0.2, 0.25) is 0 Å². The lowest BCUT2D eigenvalue weighted by molar-refractivity contribution is 1.17. The van der Waals surface area contributed by atoms with Crippen LogP contribution in [0.25, 0.3) is 77.2 Å². The first-order valence-corrected chi connectivity index (χ1v) is 41.9. The van der Waals surface area contributed by atoms with Crippen LogP contribution in [0.4, 0.5) is 34.1 Å². The highest BCUT2D eigenvalue weighted by molar-refractivity contribution is 7.21. The summed E-state index contributed by atoms with van der Waals surface area (Å²) in [6.07, 6.45) is 0. The maximum Gasteiger partial charge on any atom is 0.252 e. The number of anilines is 6. The number of rotatable bonds is 14. The third kappa shape index (κ3) is 9.84. The van der Waals surface area contributed by atoms with Gasteiger partial charge in [0, 0.05) is 78.2 Å². The summed E-state index contributed by atoms with van der Waals surface area (Å²) >= 11 is 0. The molecule has 19 aromatic rings. The lowest BCUT2D eigenvalue weighted by Gasteiger charge is -2.46. The SMILES string of the molecule is c1ccc(-c2cccc3c4ccccc4n(-c4ccc5c(c4)N(c4ccccc4[Si](c4ccccc4)(c4ccccc4)c4ccccc4)c4cccc6c4B5c4ccc(-n5c7ccccc7c7cccc(-c8ccccc8)c75)cc4N6c4ccccc4[Si](c4ccccc4)(c4ccccc4)c4ccccc4)c23)cc1. The molecule has 17 aromatic carbocycles. The minimum absolute atomic E-state index is 0.249. The van der Waals surface area contributed by atoms with Gasteiger partial charge in [-0.05, 0) is 130 Å². The molecule has 0 bridgehead atoms. The Bertz CT molecular complexity index is 6080. The molecule has 7 heteroatoms. The Morgan fingerprint density at radius 2 is 0.495 bits per heavy atom. The van der Waals surface area contributed by atoms with Crippen LogP contribution in [-0.4, -0.2) is 32.0 Å². The van der Waals surface area contributed by atoms with Gasteiger partial charge >= 0.3 is 0 Å². The van der Waals surface area contributed by atoms with Gasteiger partial charge in [0.1, 0.15) is 0 Å². The van der Waals surface area contributed by atoms with Gasteiger partial charge in [0.15, 0.2) is 16.1 Å². The van der Waals surface area contributed by atoms with E-state index in [2.05, 4.69) is 450 Å². The van der Waals surface area contributed by atoms with Crippen LogP contribution in [0.3, 0.4) is 0 Å². The molecule has 0 atom stereocenters. The van der Waals surface area contributed by atoms with Crippen LogP contribution in [0, 0.1) is 0 Å². The molecule has 21 rings (SSSR count). The van der Waals surface area contributed by atoms with Crippen molar-refractivity contribution in [2.24, 2.45) is 0 Å². The molecule has 0 unspecified atom stereocenters. The molecular weight excluding hydrogens is 1350 g/mol. The lowest BCUT2D eigenvalue weighted by atomic mass is 9.33. The van der Waals surface area contributed by atoms with Crippen LogP contribution in [-0.2, 0) is 0 Å². The number of para-hydroxylation sites is 6. The van der Waals surface area contributed by atoms with E-state index >= 15 is 0 Å². The Kier molecular flexibility index (Phi) is 15.3. The van der Waals surface area contributed by atoms with E-state index in [1.54, 1.807) is 0 Å². The Balaban J connectivity index is 0.904. The number of hydrogen-bond donors (Lipinski definition) is 0. The summed E-state index contributed by atoms with van der Waals surface area (Å²) in [4.78, 5) is 5.41. The molecule has 4 nitrogen and oxygen atoms in total. The summed E-state index contributed by atoms with van der Waals surface area (Å²) in [5.41, 5.74) is 22.0. The molecule has 0 fully saturated rings. The molecular formula is C102H71BN4Si2. The number of nitrogens with zero attached hydrogens (tertiary/aromatic N) is 4. The van der Waals surface area contributed by atoms with E-state index in [0.717, 1.165) is 56.5 Å². The highest BCUT2D eigenvalue weighted by Gasteiger charge is 2.50. The van der Waals surface area contributed by atoms with Crippen molar-refractivity contribution < 1.29 is 0 Å². The molecule has 4 heterocycles. The Hall–Kier alpha value is -13.6. The molecule has 0 saturated carbocycles. The molecule has 109 heavy (non-hydrogen) atoms. The van der Waals surface area contributed by atoms with E-state index in [1.807, 2.05) is 0 Å². The van der Waals surface area contributed by atoms with Gasteiger partial charge in [-0.2, -0.15) is 0 Å². The standard InChI is InChI=1S/C102H71BN4Si2/c1-9-36-72(37-10-1)82-54-33-56-86-84-52-25-27-58-90(84)104(101(82)86)74-66-68-88-96(70-74)106(92-60-29-31-64-98(92)108(76-40-13-3-14-41-76,77-42-15-4-16-43-77)78-44-17-5-18-45-78)94-62-35-63-95-100(94)103(88)89-69-67-75(105-91-59-28-26-53-85(91)87-57-34-55-83(102(87)105)73-38-11-2-12-39-73)71-97(89)107(95)93-61-30-32-65-99(93)109(79-46-19-6-20-47-79,80-48-21-7-22-49-80)81-50-23-8-24-51-81/h1-71H. The molecule has 2 aliphatic heterocycles. The van der Waals surface area contributed by atoms with E-state index < -0.39 is 16.1 Å². The molecule has 0 spiro atoms. The Labute approximate surface area is 637 Å². The summed E-state index contributed by atoms with van der Waals surface area (Å²) in [6, 6.07) is 163. The minimum Gasteiger partial charge on any atom is -0.311 e. The van der Waals surface area contributed by atoms with Crippen molar-refractivity contribution in [3.8, 4) is 33.6 Å². The quantitative estimate of drug-likeness (QED) is 0.0797. The molecule has 0 saturated heterocycles. The molecule has 2 aromatic heterocycles. The van der Waals surface area contributed by atoms with E-state index in [0.29, 0.717) is 0 Å². The second-order valence-corrected chi connectivity index (χ2v) is 36.4. The van der Waals surface area contributed by atoms with Crippen LogP contribution in [0.15, 0.2) is 431 Å². The number of benzene rings is 17. The van der Waals surface area contributed by atoms with Crippen molar-refractivity contribution in [1.29, 1.82) is 0 Å². The van der Waals surface area contributed by atoms with Crippen molar-refractivity contribution in [2.45, 2.75) is 0 Å². The monoisotopic (exact) mass is 1420 g/mol. The van der Waals surface area contributed by atoms with Crippen molar-refractivity contribution in [3.63, 3.8) is 0 Å². The van der Waals surface area contributed by atoms with E-state index in [4.69, 9.17) is 0 Å². The van der Waals surface area contributed by atoms with Crippen LogP contribution in [0.2, 0.25) is 0 Å². The van der Waals surface area contributed by atoms with Gasteiger partial charge in [0.05, 0.1) is 22.1 Å². The van der Waals surface area contributed by atoms with Crippen molar-refractivity contribution in [3.05, 3.63) is 431 Å². The molecule has 0 radical (unpaired) electrons.